The van der Waals surface area contributed by atoms with E-state index < -0.39 is 0 Å². The van der Waals surface area contributed by atoms with Crippen molar-refractivity contribution in [3.63, 3.8) is 0 Å². The highest BCUT2D eigenvalue weighted by Gasteiger charge is 2.10. The van der Waals surface area contributed by atoms with E-state index in [1.54, 1.807) is 19.2 Å². The van der Waals surface area contributed by atoms with E-state index in [0.29, 0.717) is 5.02 Å². The predicted molar refractivity (Wildman–Crippen MR) is 80.1 cm³/mol. The minimum atomic E-state index is -0.203. The van der Waals surface area contributed by atoms with Gasteiger partial charge in [0.05, 0.1) is 0 Å². The number of aryl methyl sites for hydroxylation is 1. The molecule has 3 nitrogen and oxygen atoms in total. The number of urea groups is 1. The molecule has 0 unspecified atom stereocenters. The molecule has 2 rings (SSSR count). The normalized spacial score (nSPS) is 10.1. The lowest BCUT2D eigenvalue weighted by Gasteiger charge is -2.18. The summed E-state index contributed by atoms with van der Waals surface area (Å²) >= 11 is 5.91. The minimum absolute atomic E-state index is 0.203. The topological polar surface area (TPSA) is 32.3 Å². The summed E-state index contributed by atoms with van der Waals surface area (Å²) in [4.78, 5) is 13.6. The monoisotopic (exact) mass is 274 g/mol. The van der Waals surface area contributed by atoms with Crippen LogP contribution >= 0.6 is 11.6 Å². The van der Waals surface area contributed by atoms with E-state index in [0.717, 1.165) is 16.9 Å². The number of nitrogens with zero attached hydrogens (tertiary/aromatic N) is 1. The number of rotatable bonds is 2. The van der Waals surface area contributed by atoms with Gasteiger partial charge in [0.25, 0.3) is 0 Å². The Morgan fingerprint density at radius 1 is 1.16 bits per heavy atom. The summed E-state index contributed by atoms with van der Waals surface area (Å²) in [5.74, 6) is 0. The summed E-state index contributed by atoms with van der Waals surface area (Å²) in [5, 5.41) is 3.43. The predicted octanol–water partition coefficient (Wildman–Crippen LogP) is 4.32. The standard InChI is InChI=1S/C15H15ClN2O/c1-11-6-8-13(9-7-11)17-15(19)18(2)14-5-3-4-12(16)10-14/h3-10H,1-2H3,(H,17,19). The van der Waals surface area contributed by atoms with Crippen LogP contribution in [0.25, 0.3) is 0 Å². The molecule has 2 aromatic carbocycles. The molecule has 1 N–H and O–H groups in total. The number of hydrogen-bond donors (Lipinski definition) is 1. The van der Waals surface area contributed by atoms with Crippen molar-refractivity contribution in [3.05, 3.63) is 59.1 Å². The van der Waals surface area contributed by atoms with Crippen LogP contribution in [0.3, 0.4) is 0 Å². The Hall–Kier alpha value is -2.00. The SMILES string of the molecule is Cc1ccc(NC(=O)N(C)c2cccc(Cl)c2)cc1. The number of hydrogen-bond acceptors (Lipinski definition) is 1. The third-order valence-electron chi connectivity index (χ3n) is 2.80. The molecule has 98 valence electrons. The largest absolute Gasteiger partial charge is 0.326 e. The Bertz CT molecular complexity index is 581. The van der Waals surface area contributed by atoms with Crippen molar-refractivity contribution in [2.75, 3.05) is 17.3 Å². The maximum absolute atomic E-state index is 12.1. The van der Waals surface area contributed by atoms with Crippen molar-refractivity contribution in [1.82, 2.24) is 0 Å². The summed E-state index contributed by atoms with van der Waals surface area (Å²) in [7, 11) is 1.70. The lowest BCUT2D eigenvalue weighted by molar-refractivity contribution is 0.258. The number of benzene rings is 2. The molecule has 19 heavy (non-hydrogen) atoms. The van der Waals surface area contributed by atoms with Crippen LogP contribution in [0.4, 0.5) is 16.2 Å². The van der Waals surface area contributed by atoms with Crippen molar-refractivity contribution in [2.45, 2.75) is 6.92 Å². The summed E-state index contributed by atoms with van der Waals surface area (Å²) in [5.41, 5.74) is 2.67. The zero-order chi connectivity index (χ0) is 13.8. The van der Waals surface area contributed by atoms with E-state index in [4.69, 9.17) is 11.6 Å². The molecule has 0 fully saturated rings. The highest BCUT2D eigenvalue weighted by molar-refractivity contribution is 6.30. The van der Waals surface area contributed by atoms with Gasteiger partial charge in [0.2, 0.25) is 0 Å². The first-order chi connectivity index (χ1) is 9.06. The van der Waals surface area contributed by atoms with Crippen LogP contribution in [0.1, 0.15) is 5.56 Å². The third-order valence-corrected chi connectivity index (χ3v) is 3.04. The third kappa shape index (κ3) is 3.48. The average molecular weight is 275 g/mol. The van der Waals surface area contributed by atoms with Crippen molar-refractivity contribution in [2.24, 2.45) is 0 Å². The molecule has 0 aliphatic carbocycles. The number of amides is 2. The van der Waals surface area contributed by atoms with Gasteiger partial charge in [-0.3, -0.25) is 4.90 Å². The zero-order valence-corrected chi connectivity index (χ0v) is 11.6. The van der Waals surface area contributed by atoms with Gasteiger partial charge in [0.15, 0.2) is 0 Å². The Morgan fingerprint density at radius 3 is 2.47 bits per heavy atom. The molecule has 4 heteroatoms. The number of nitrogens with one attached hydrogen (secondary N) is 1. The molecule has 0 aromatic heterocycles. The molecule has 0 heterocycles. The second kappa shape index (κ2) is 5.76. The van der Waals surface area contributed by atoms with Gasteiger partial charge >= 0.3 is 6.03 Å². The van der Waals surface area contributed by atoms with E-state index in [1.807, 2.05) is 43.3 Å². The smallest absolute Gasteiger partial charge is 0.308 e. The summed E-state index contributed by atoms with van der Waals surface area (Å²) in [6.07, 6.45) is 0. The van der Waals surface area contributed by atoms with Gasteiger partial charge in [0.1, 0.15) is 0 Å². The van der Waals surface area contributed by atoms with Crippen LogP contribution in [0.15, 0.2) is 48.5 Å². The molecule has 0 atom stereocenters. The van der Waals surface area contributed by atoms with E-state index in [-0.39, 0.29) is 6.03 Å². The maximum atomic E-state index is 12.1. The van der Waals surface area contributed by atoms with Crippen LogP contribution in [0.5, 0.6) is 0 Å². The first-order valence-corrected chi connectivity index (χ1v) is 6.31. The Morgan fingerprint density at radius 2 is 1.84 bits per heavy atom. The second-order valence-corrected chi connectivity index (χ2v) is 4.77. The van der Waals surface area contributed by atoms with Crippen molar-refractivity contribution in [3.8, 4) is 0 Å². The number of anilines is 2. The van der Waals surface area contributed by atoms with Gasteiger partial charge in [-0.25, -0.2) is 4.79 Å². The van der Waals surface area contributed by atoms with Crippen molar-refractivity contribution in [1.29, 1.82) is 0 Å². The Balaban J connectivity index is 2.09. The number of halogens is 1. The van der Waals surface area contributed by atoms with E-state index >= 15 is 0 Å². The maximum Gasteiger partial charge on any atom is 0.326 e. The molecule has 0 radical (unpaired) electrons. The molecule has 0 bridgehead atoms. The summed E-state index contributed by atoms with van der Waals surface area (Å²) in [6, 6.07) is 14.6. The fourth-order valence-corrected chi connectivity index (χ4v) is 1.83. The minimum Gasteiger partial charge on any atom is -0.308 e. The molecule has 0 saturated heterocycles. The lowest BCUT2D eigenvalue weighted by atomic mass is 10.2. The fourth-order valence-electron chi connectivity index (χ4n) is 1.65. The first-order valence-electron chi connectivity index (χ1n) is 5.93. The molecule has 0 aliphatic rings. The van der Waals surface area contributed by atoms with Crippen LogP contribution in [0.2, 0.25) is 5.02 Å². The van der Waals surface area contributed by atoms with Crippen molar-refractivity contribution >= 4 is 29.0 Å². The summed E-state index contributed by atoms with van der Waals surface area (Å²) in [6.45, 7) is 2.00. The summed E-state index contributed by atoms with van der Waals surface area (Å²) < 4.78 is 0. The quantitative estimate of drug-likeness (QED) is 0.869. The van der Waals surface area contributed by atoms with E-state index in [2.05, 4.69) is 5.32 Å². The molecule has 2 aromatic rings. The number of carbonyl (C=O) groups is 1. The Kier molecular flexibility index (Phi) is 4.07. The van der Waals surface area contributed by atoms with E-state index in [1.165, 1.54) is 4.90 Å². The molecule has 0 saturated carbocycles. The van der Waals surface area contributed by atoms with Crippen molar-refractivity contribution < 1.29 is 4.79 Å². The van der Waals surface area contributed by atoms with Crippen LogP contribution < -0.4 is 10.2 Å². The Labute approximate surface area is 117 Å². The molecule has 0 aliphatic heterocycles. The van der Waals surface area contributed by atoms with Gasteiger partial charge in [0, 0.05) is 23.4 Å². The molecular formula is C15H15ClN2O. The van der Waals surface area contributed by atoms with Crippen LogP contribution in [-0.4, -0.2) is 13.1 Å². The van der Waals surface area contributed by atoms with E-state index in [9.17, 15) is 4.79 Å². The lowest BCUT2D eigenvalue weighted by Crippen LogP contribution is -2.31. The van der Waals surface area contributed by atoms with Gasteiger partial charge in [-0.2, -0.15) is 0 Å². The zero-order valence-electron chi connectivity index (χ0n) is 10.9. The first kappa shape index (κ1) is 13.4. The molecule has 0 spiro atoms. The fraction of sp³-hybridized carbons (Fsp3) is 0.133. The van der Waals surface area contributed by atoms with Gasteiger partial charge in [-0.15, -0.1) is 0 Å². The molecule has 2 amide bonds. The van der Waals surface area contributed by atoms with Crippen LogP contribution in [0, 0.1) is 6.92 Å². The second-order valence-electron chi connectivity index (χ2n) is 4.34. The van der Waals surface area contributed by atoms with Crippen LogP contribution in [-0.2, 0) is 0 Å². The highest BCUT2D eigenvalue weighted by Crippen LogP contribution is 2.19. The van der Waals surface area contributed by atoms with Gasteiger partial charge < -0.3 is 5.32 Å². The highest BCUT2D eigenvalue weighted by atomic mass is 35.5. The number of carbonyl (C=O) groups excluding carboxylic acids is 1. The van der Waals surface area contributed by atoms with Gasteiger partial charge in [-0.05, 0) is 37.3 Å². The average Bonchev–Trinajstić information content (AvgIpc) is 2.40. The molecular weight excluding hydrogens is 260 g/mol. The van der Waals surface area contributed by atoms with Gasteiger partial charge in [-0.1, -0.05) is 35.4 Å².